The van der Waals surface area contributed by atoms with Gasteiger partial charge in [-0.25, -0.2) is 43.1 Å². The predicted octanol–water partition coefficient (Wildman–Crippen LogP) is 3.14. The summed E-state index contributed by atoms with van der Waals surface area (Å²) in [5.74, 6) is -0.856. The van der Waals surface area contributed by atoms with Crippen molar-refractivity contribution >= 4 is 68.9 Å². The molecule has 2 fully saturated rings. The highest BCUT2D eigenvalue weighted by Crippen LogP contribution is 2.66. The quantitative estimate of drug-likeness (QED) is 0.0222. The lowest BCUT2D eigenvalue weighted by atomic mass is 9.89. The van der Waals surface area contributed by atoms with Crippen LogP contribution in [0.3, 0.4) is 0 Å². The van der Waals surface area contributed by atoms with Crippen LogP contribution < -0.4 is 31.0 Å². The van der Waals surface area contributed by atoms with Gasteiger partial charge in [-0.3, -0.25) is 13.9 Å². The third kappa shape index (κ3) is 13.1. The molecule has 0 spiro atoms. The molecule has 29 heteroatoms. The van der Waals surface area contributed by atoms with Crippen LogP contribution in [0.25, 0.3) is 44.6 Å². The summed E-state index contributed by atoms with van der Waals surface area (Å²) in [5.41, 5.74) is 10.2. The number of piperazine rings is 1. The molecule has 2 saturated heterocycles. The van der Waals surface area contributed by atoms with Gasteiger partial charge in [0.15, 0.2) is 11.5 Å². The predicted molar refractivity (Wildman–Crippen MR) is 271 cm³/mol. The fourth-order valence-corrected chi connectivity index (χ4v) is 12.5. The van der Waals surface area contributed by atoms with Gasteiger partial charge in [0, 0.05) is 99.7 Å². The summed E-state index contributed by atoms with van der Waals surface area (Å²) in [6.07, 6.45) is 0.229. The number of phosphoric ester groups is 1. The van der Waals surface area contributed by atoms with Gasteiger partial charge in [-0.1, -0.05) is 6.07 Å². The van der Waals surface area contributed by atoms with E-state index in [1.807, 2.05) is 74.1 Å². The summed E-state index contributed by atoms with van der Waals surface area (Å²) in [5, 5.41) is 27.3. The second-order valence-corrected chi connectivity index (χ2v) is 23.0. The van der Waals surface area contributed by atoms with Gasteiger partial charge < -0.3 is 59.8 Å². The summed E-state index contributed by atoms with van der Waals surface area (Å²) >= 11 is 0. The number of nitrogens with two attached hydrogens (primary N) is 1. The number of benzene rings is 3. The molecule has 5 heterocycles. The highest BCUT2D eigenvalue weighted by molar-refractivity contribution is 7.67. The van der Waals surface area contributed by atoms with Crippen LogP contribution in [-0.4, -0.2) is 165 Å². The Hall–Kier alpha value is -5.53. The zero-order valence-corrected chi connectivity index (χ0v) is 43.6. The molecule has 74 heavy (non-hydrogen) atoms. The number of aromatic carboxylic acids is 1. The molecule has 398 valence electrons. The molecule has 3 aliphatic heterocycles. The number of carboxylic acid groups (broad SMARTS) is 1. The molecule has 3 unspecified atom stereocenters. The van der Waals surface area contributed by atoms with Gasteiger partial charge in [0.05, 0.1) is 30.7 Å². The van der Waals surface area contributed by atoms with E-state index >= 15 is 0 Å². The lowest BCUT2D eigenvalue weighted by Crippen LogP contribution is -2.47. The van der Waals surface area contributed by atoms with Gasteiger partial charge >= 0.3 is 29.4 Å². The van der Waals surface area contributed by atoms with Crippen molar-refractivity contribution in [3.8, 4) is 22.5 Å². The van der Waals surface area contributed by atoms with Crippen molar-refractivity contribution in [1.29, 1.82) is 0 Å². The maximum Gasteiger partial charge on any atom is 0.489 e. The van der Waals surface area contributed by atoms with Gasteiger partial charge in [0.1, 0.15) is 49.6 Å². The number of aromatic nitrogens is 4. The molecule has 0 radical (unpaired) electrons. The van der Waals surface area contributed by atoms with E-state index in [9.17, 15) is 48.2 Å². The number of hydrogen-bond donors (Lipinski definition) is 8. The number of nitrogens with zero attached hydrogens (tertiary/aromatic N) is 8. The third-order valence-electron chi connectivity index (χ3n) is 12.6. The molecule has 2 aromatic carbocycles. The van der Waals surface area contributed by atoms with Crippen molar-refractivity contribution in [1.82, 2.24) is 44.3 Å². The fourth-order valence-electron chi connectivity index (χ4n) is 8.78. The van der Waals surface area contributed by atoms with Gasteiger partial charge in [-0.05, 0) is 61.8 Å². The van der Waals surface area contributed by atoms with Crippen LogP contribution in [0.4, 0.5) is 11.5 Å². The second kappa shape index (κ2) is 22.7. The Morgan fingerprint density at radius 2 is 1.59 bits per heavy atom. The number of imidazole rings is 1. The first kappa shape index (κ1) is 54.7. The van der Waals surface area contributed by atoms with E-state index in [1.165, 1.54) is 29.4 Å². The maximum absolute atomic E-state index is 14.0. The molecule has 8 rings (SSSR count). The van der Waals surface area contributed by atoms with Gasteiger partial charge in [-0.15, -0.1) is 0 Å². The molecule has 1 amide bonds. The first-order valence-electron chi connectivity index (χ1n) is 23.4. The molecule has 9 N–H and O–H groups in total. The molecule has 4 aromatic rings. The molecular formula is C45H59N11O15P3+. The van der Waals surface area contributed by atoms with Crippen molar-refractivity contribution in [2.75, 3.05) is 97.8 Å². The number of carbonyl (C=O) groups is 2. The summed E-state index contributed by atoms with van der Waals surface area (Å²) < 4.78 is 66.8. The molecule has 2 aromatic heterocycles. The highest BCUT2D eigenvalue weighted by atomic mass is 31.3. The van der Waals surface area contributed by atoms with Crippen molar-refractivity contribution in [2.24, 2.45) is 0 Å². The Morgan fingerprint density at radius 1 is 0.892 bits per heavy atom. The van der Waals surface area contributed by atoms with E-state index < -0.39 is 60.3 Å². The number of carboxylic acids is 1. The molecule has 0 saturated carbocycles. The molecular weight excluding hydrogens is 1030 g/mol. The number of aliphatic hydroxyl groups excluding tert-OH is 1. The summed E-state index contributed by atoms with van der Waals surface area (Å²) in [6, 6.07) is 16.3. The SMILES string of the molecule is CN(C)c1ccc2c(-c3ccc(C(=O)O)cc3C(=O)NCCCN3CCN(CCCNP(=O)(O)OP(=O)(O)OP(=O)(O)OC[C@H]4O[C@@H](n5cnc6c(N)ncnc65)C[C@@H]4O)CC3)c3ccc(=[N+](C)C)cc-3oc2c1. The number of amides is 1. The number of carbonyl (C=O) groups excluding carboxylic acids is 1. The summed E-state index contributed by atoms with van der Waals surface area (Å²) in [6.45, 7) is 3.29. The maximum atomic E-state index is 14.0. The minimum Gasteiger partial charge on any atom is -0.478 e. The molecule has 6 atom stereocenters. The van der Waals surface area contributed by atoms with E-state index in [1.54, 1.807) is 6.07 Å². The fraction of sp³-hybridized carbons (Fsp3) is 0.422. The lowest BCUT2D eigenvalue weighted by Gasteiger charge is -2.34. The minimum atomic E-state index is -5.68. The number of fused-ring (bicyclic) bond motifs is 3. The number of phosphoric acid groups is 2. The first-order chi connectivity index (χ1) is 35.1. The number of hydrogen-bond acceptors (Lipinski definition) is 18. The number of aliphatic hydroxyl groups is 1. The number of nitrogen functional groups attached to an aromatic ring is 1. The Morgan fingerprint density at radius 3 is 2.28 bits per heavy atom. The monoisotopic (exact) mass is 1090 g/mol. The normalized spacial score (nSPS) is 20.1. The van der Waals surface area contributed by atoms with Crippen molar-refractivity contribution < 1.29 is 70.5 Å². The van der Waals surface area contributed by atoms with Crippen molar-refractivity contribution in [3.05, 3.63) is 83.7 Å². The van der Waals surface area contributed by atoms with Gasteiger partial charge in [0.25, 0.3) is 5.91 Å². The van der Waals surface area contributed by atoms with Crippen molar-refractivity contribution in [3.63, 3.8) is 0 Å². The topological polar surface area (TPSA) is 343 Å². The van der Waals surface area contributed by atoms with Crippen LogP contribution in [0.15, 0.2) is 71.7 Å². The summed E-state index contributed by atoms with van der Waals surface area (Å²) in [7, 11) is -8.42. The molecule has 1 aliphatic carbocycles. The van der Waals surface area contributed by atoms with E-state index in [0.717, 1.165) is 27.6 Å². The van der Waals surface area contributed by atoms with Crippen LogP contribution in [0, 0.1) is 0 Å². The Balaban J connectivity index is 0.774. The average molecular weight is 1090 g/mol. The van der Waals surface area contributed by atoms with Crippen LogP contribution in [-0.2, 0) is 31.6 Å². The van der Waals surface area contributed by atoms with Crippen molar-refractivity contribution in [2.45, 2.75) is 37.7 Å². The van der Waals surface area contributed by atoms with Crippen LogP contribution in [0.2, 0.25) is 0 Å². The Labute approximate surface area is 424 Å². The third-order valence-corrected chi connectivity index (χ3v) is 17.1. The van der Waals surface area contributed by atoms with E-state index in [2.05, 4.69) is 43.8 Å². The Kier molecular flexibility index (Phi) is 16.8. The number of anilines is 2. The zero-order valence-electron chi connectivity index (χ0n) is 40.9. The second-order valence-electron chi connectivity index (χ2n) is 18.2. The van der Waals surface area contributed by atoms with Crippen LogP contribution in [0.5, 0.6) is 0 Å². The van der Waals surface area contributed by atoms with E-state index in [4.69, 9.17) is 19.4 Å². The van der Waals surface area contributed by atoms with Crippen LogP contribution in [0.1, 0.15) is 46.2 Å². The molecule has 4 aliphatic rings. The van der Waals surface area contributed by atoms with Gasteiger partial charge in [0.2, 0.25) is 5.36 Å². The molecule has 0 bridgehead atoms. The van der Waals surface area contributed by atoms with E-state index in [0.29, 0.717) is 86.7 Å². The smallest absolute Gasteiger partial charge is 0.478 e. The zero-order chi connectivity index (χ0) is 53.1. The summed E-state index contributed by atoms with van der Waals surface area (Å²) in [4.78, 5) is 75.1. The molecule has 26 nitrogen and oxygen atoms in total. The highest BCUT2D eigenvalue weighted by Gasteiger charge is 2.43. The Bertz CT molecular complexity index is 3240. The largest absolute Gasteiger partial charge is 0.489 e. The lowest BCUT2D eigenvalue weighted by molar-refractivity contribution is -0.0423. The standard InChI is InChI=1S/C45H58N11O15P3/c1-52(2)29-8-11-32-36(22-29)68-37-23-30(53(3)4)9-12-33(37)40(32)31-10-7-28(45(59)60)21-34(31)44(58)47-13-5-15-54-17-19-55(20-18-54)16-6-14-51-72(61,62)70-74(65,66)71-73(63,64)67-25-38-35(57)24-39(69-38)56-27-50-41-42(46)48-26-49-43(41)56/h7-12,21-23,26-27,35,38-39,57H,5-6,13-20,24-25H2,1-4H3,(H7-,46,47,48,49,51,58,59,60,61,62,63,64,65,66)/p+1/t35-,38+,39+/m0/s1. The average Bonchev–Trinajstić information content (AvgIpc) is 3.95. The van der Waals surface area contributed by atoms with Crippen LogP contribution >= 0.6 is 23.4 Å². The first-order valence-corrected chi connectivity index (χ1v) is 28.0. The van der Waals surface area contributed by atoms with E-state index in [-0.39, 0.29) is 29.9 Å². The number of rotatable bonds is 21. The minimum absolute atomic E-state index is 0.0135. The van der Waals surface area contributed by atoms with Gasteiger partial charge in [-0.2, -0.15) is 8.62 Å². The number of ether oxygens (including phenoxy) is 1. The number of nitrogens with one attached hydrogen (secondary N) is 2.